The number of allylic oxidation sites excluding steroid dienone is 2. The van der Waals surface area contributed by atoms with Gasteiger partial charge in [0.25, 0.3) is 0 Å². The van der Waals surface area contributed by atoms with Gasteiger partial charge in [0.05, 0.1) is 7.11 Å². The minimum Gasteiger partial charge on any atom is -0.496 e. The van der Waals surface area contributed by atoms with Gasteiger partial charge in [-0.15, -0.1) is 0 Å². The van der Waals surface area contributed by atoms with Crippen LogP contribution in [0.4, 0.5) is 0 Å². The Balaban J connectivity index is 2.97. The Morgan fingerprint density at radius 2 is 2.24 bits per heavy atom. The number of hydrazone groups is 1. The van der Waals surface area contributed by atoms with Crippen molar-refractivity contribution in [3.8, 4) is 5.75 Å². The second-order valence-corrected chi connectivity index (χ2v) is 3.65. The van der Waals surface area contributed by atoms with Gasteiger partial charge in [-0.3, -0.25) is 0 Å². The first-order valence-electron chi connectivity index (χ1n) is 5.54. The highest BCUT2D eigenvalue weighted by molar-refractivity contribution is 5.97. The summed E-state index contributed by atoms with van der Waals surface area (Å²) in [6, 6.07) is 5.70. The Hall–Kier alpha value is -1.97. The van der Waals surface area contributed by atoms with Crippen molar-refractivity contribution in [3.05, 3.63) is 41.5 Å². The molecule has 0 heterocycles. The molecule has 0 radical (unpaired) electrons. The Morgan fingerprint density at radius 1 is 1.47 bits per heavy atom. The number of nitrogens with zero attached hydrogens (tertiary/aromatic N) is 1. The van der Waals surface area contributed by atoms with E-state index in [-0.39, 0.29) is 0 Å². The van der Waals surface area contributed by atoms with E-state index in [2.05, 4.69) is 11.2 Å². The number of ether oxygens (including phenoxy) is 1. The Bertz CT molecular complexity index is 425. The molecule has 0 saturated heterocycles. The maximum absolute atomic E-state index is 5.68. The van der Waals surface area contributed by atoms with E-state index < -0.39 is 0 Å². The van der Waals surface area contributed by atoms with Crippen LogP contribution in [0.25, 0.3) is 0 Å². The van der Waals surface area contributed by atoms with Crippen molar-refractivity contribution in [2.75, 3.05) is 7.11 Å². The Kier molecular flexibility index (Phi) is 5.07. The van der Waals surface area contributed by atoms with Gasteiger partial charge in [-0.05, 0) is 43.5 Å². The summed E-state index contributed by atoms with van der Waals surface area (Å²) >= 11 is 0. The molecule has 92 valence electrons. The lowest BCUT2D eigenvalue weighted by molar-refractivity contribution is 0.409. The van der Waals surface area contributed by atoms with E-state index in [1.54, 1.807) is 7.11 Å². The van der Waals surface area contributed by atoms with Crippen molar-refractivity contribution < 1.29 is 4.74 Å². The van der Waals surface area contributed by atoms with Crippen molar-refractivity contribution in [2.24, 2.45) is 16.7 Å². The van der Waals surface area contributed by atoms with Gasteiger partial charge >= 0.3 is 0 Å². The summed E-state index contributed by atoms with van der Waals surface area (Å²) in [7, 11) is 1.66. The number of benzene rings is 1. The molecule has 0 aliphatic heterocycles. The summed E-state index contributed by atoms with van der Waals surface area (Å²) in [5.41, 5.74) is 7.61. The molecular weight excluding hydrogens is 214 g/mol. The van der Waals surface area contributed by atoms with Gasteiger partial charge in [0.1, 0.15) is 11.6 Å². The summed E-state index contributed by atoms with van der Waals surface area (Å²) in [6.45, 7) is 2.01. The molecule has 0 amide bonds. The molecule has 0 unspecified atom stereocenters. The standard InChI is InChI=1S/C13H19N3O/c1-3-4-5-6-10-9-11(13(14)16-15)7-8-12(10)17-2/h3-4,7-9H,5-6,15H2,1-2H3,(H2,14,16)/b4-3+. The van der Waals surface area contributed by atoms with Crippen LogP contribution in [0.2, 0.25) is 0 Å². The second kappa shape index (κ2) is 6.58. The number of hydrogen-bond acceptors (Lipinski definition) is 3. The highest BCUT2D eigenvalue weighted by Crippen LogP contribution is 2.21. The van der Waals surface area contributed by atoms with Crippen molar-refractivity contribution >= 4 is 5.84 Å². The van der Waals surface area contributed by atoms with Crippen LogP contribution in [0.15, 0.2) is 35.5 Å². The molecule has 1 rings (SSSR count). The number of hydrogen-bond donors (Lipinski definition) is 2. The molecule has 0 aliphatic rings. The fourth-order valence-electron chi connectivity index (χ4n) is 1.61. The smallest absolute Gasteiger partial charge is 0.150 e. The number of aryl methyl sites for hydroxylation is 1. The monoisotopic (exact) mass is 233 g/mol. The molecule has 0 aliphatic carbocycles. The number of rotatable bonds is 5. The van der Waals surface area contributed by atoms with Gasteiger partial charge in [-0.2, -0.15) is 5.10 Å². The highest BCUT2D eigenvalue weighted by atomic mass is 16.5. The van der Waals surface area contributed by atoms with Gasteiger partial charge in [0, 0.05) is 5.56 Å². The van der Waals surface area contributed by atoms with E-state index >= 15 is 0 Å². The normalized spacial score (nSPS) is 12.0. The molecule has 1 aromatic rings. The first-order chi connectivity index (χ1) is 8.22. The van der Waals surface area contributed by atoms with Crippen molar-refractivity contribution in [1.82, 2.24) is 0 Å². The van der Waals surface area contributed by atoms with Crippen LogP contribution >= 0.6 is 0 Å². The maximum Gasteiger partial charge on any atom is 0.150 e. The molecule has 4 nitrogen and oxygen atoms in total. The predicted octanol–water partition coefficient (Wildman–Crippen LogP) is 1.78. The van der Waals surface area contributed by atoms with Gasteiger partial charge in [0.2, 0.25) is 0 Å². The van der Waals surface area contributed by atoms with E-state index in [0.717, 1.165) is 29.7 Å². The average molecular weight is 233 g/mol. The van der Waals surface area contributed by atoms with E-state index in [0.29, 0.717) is 5.84 Å². The third kappa shape index (κ3) is 3.52. The predicted molar refractivity (Wildman–Crippen MR) is 71.0 cm³/mol. The number of methoxy groups -OCH3 is 1. The zero-order chi connectivity index (χ0) is 12.7. The topological polar surface area (TPSA) is 73.6 Å². The van der Waals surface area contributed by atoms with E-state index in [4.69, 9.17) is 16.3 Å². The molecular formula is C13H19N3O. The highest BCUT2D eigenvalue weighted by Gasteiger charge is 2.06. The lowest BCUT2D eigenvalue weighted by Gasteiger charge is -2.09. The van der Waals surface area contributed by atoms with Crippen LogP contribution in [-0.4, -0.2) is 12.9 Å². The van der Waals surface area contributed by atoms with Crippen LogP contribution in [0.3, 0.4) is 0 Å². The second-order valence-electron chi connectivity index (χ2n) is 3.65. The first kappa shape index (κ1) is 13.1. The van der Waals surface area contributed by atoms with Crippen molar-refractivity contribution in [3.63, 3.8) is 0 Å². The molecule has 0 bridgehead atoms. The molecule has 0 saturated carbocycles. The average Bonchev–Trinajstić information content (AvgIpc) is 2.38. The van der Waals surface area contributed by atoms with Crippen molar-refractivity contribution in [2.45, 2.75) is 19.8 Å². The molecule has 4 heteroatoms. The third-order valence-electron chi connectivity index (χ3n) is 2.53. The van der Waals surface area contributed by atoms with E-state index in [1.165, 1.54) is 0 Å². The number of amidine groups is 1. The quantitative estimate of drug-likeness (QED) is 0.268. The van der Waals surface area contributed by atoms with E-state index in [1.807, 2.05) is 31.2 Å². The Labute approximate surface area is 102 Å². The van der Waals surface area contributed by atoms with Gasteiger partial charge in [-0.1, -0.05) is 12.2 Å². The van der Waals surface area contributed by atoms with Gasteiger partial charge in [0.15, 0.2) is 0 Å². The summed E-state index contributed by atoms with van der Waals surface area (Å²) < 4.78 is 5.31. The Morgan fingerprint density at radius 3 is 2.82 bits per heavy atom. The molecule has 0 fully saturated rings. The summed E-state index contributed by atoms with van der Waals surface area (Å²) in [5, 5.41) is 3.49. The third-order valence-corrected chi connectivity index (χ3v) is 2.53. The van der Waals surface area contributed by atoms with Crippen LogP contribution in [-0.2, 0) is 6.42 Å². The lowest BCUT2D eigenvalue weighted by atomic mass is 10.0. The minimum absolute atomic E-state index is 0.333. The van der Waals surface area contributed by atoms with Gasteiger partial charge in [-0.25, -0.2) is 0 Å². The SMILES string of the molecule is C/C=C/CCc1cc(/C(N)=N/N)ccc1OC. The molecule has 0 spiro atoms. The minimum atomic E-state index is 0.333. The summed E-state index contributed by atoms with van der Waals surface area (Å²) in [6.07, 6.45) is 6.02. The zero-order valence-electron chi connectivity index (χ0n) is 10.3. The lowest BCUT2D eigenvalue weighted by Crippen LogP contribution is -2.15. The van der Waals surface area contributed by atoms with Crippen LogP contribution in [0.5, 0.6) is 5.75 Å². The van der Waals surface area contributed by atoms with Crippen LogP contribution in [0.1, 0.15) is 24.5 Å². The molecule has 17 heavy (non-hydrogen) atoms. The fraction of sp³-hybridized carbons (Fsp3) is 0.308. The number of nitrogens with two attached hydrogens (primary N) is 2. The van der Waals surface area contributed by atoms with Crippen LogP contribution in [0, 0.1) is 0 Å². The van der Waals surface area contributed by atoms with E-state index in [9.17, 15) is 0 Å². The van der Waals surface area contributed by atoms with Crippen molar-refractivity contribution in [1.29, 1.82) is 0 Å². The molecule has 0 aromatic heterocycles. The fourth-order valence-corrected chi connectivity index (χ4v) is 1.61. The zero-order valence-corrected chi connectivity index (χ0v) is 10.3. The van der Waals surface area contributed by atoms with Crippen LogP contribution < -0.4 is 16.3 Å². The van der Waals surface area contributed by atoms with Gasteiger partial charge < -0.3 is 16.3 Å². The molecule has 1 aromatic carbocycles. The first-order valence-corrected chi connectivity index (χ1v) is 5.54. The molecule has 0 atom stereocenters. The molecule has 4 N–H and O–H groups in total. The summed E-state index contributed by atoms with van der Waals surface area (Å²) in [4.78, 5) is 0. The maximum atomic E-state index is 5.68. The largest absolute Gasteiger partial charge is 0.496 e. The summed E-state index contributed by atoms with van der Waals surface area (Å²) in [5.74, 6) is 6.36.